The predicted molar refractivity (Wildman–Crippen MR) is 63.6 cm³/mol. The molecule has 0 unspecified atom stereocenters. The van der Waals surface area contributed by atoms with E-state index in [0.29, 0.717) is 15.8 Å². The zero-order valence-electron chi connectivity index (χ0n) is 8.82. The van der Waals surface area contributed by atoms with Crippen LogP contribution in [0.15, 0.2) is 22.2 Å². The smallest absolute Gasteiger partial charge is 0.331 e. The van der Waals surface area contributed by atoms with Gasteiger partial charge in [0, 0.05) is 5.57 Å². The maximum atomic E-state index is 10.6. The maximum absolute atomic E-state index is 10.6. The van der Waals surface area contributed by atoms with Crippen molar-refractivity contribution in [3.8, 4) is 11.5 Å². The van der Waals surface area contributed by atoms with E-state index in [0.717, 1.165) is 0 Å². The number of carboxylic acid groups (broad SMARTS) is 1. The fourth-order valence-corrected chi connectivity index (χ4v) is 1.60. The quantitative estimate of drug-likeness (QED) is 0.839. The Morgan fingerprint density at radius 3 is 2.62 bits per heavy atom. The van der Waals surface area contributed by atoms with Gasteiger partial charge in [-0.05, 0) is 46.6 Å². The van der Waals surface area contributed by atoms with Crippen molar-refractivity contribution in [1.82, 2.24) is 0 Å². The van der Waals surface area contributed by atoms with E-state index in [2.05, 4.69) is 15.9 Å². The Balaban J connectivity index is 3.22. The van der Waals surface area contributed by atoms with Gasteiger partial charge in [-0.15, -0.1) is 0 Å². The Morgan fingerprint density at radius 1 is 1.50 bits per heavy atom. The largest absolute Gasteiger partial charge is 0.503 e. The SMILES string of the molecule is COc1cc(/C=C(\C)C(=O)O)cc(Br)c1O. The van der Waals surface area contributed by atoms with Crippen LogP contribution in [0.4, 0.5) is 0 Å². The van der Waals surface area contributed by atoms with Gasteiger partial charge >= 0.3 is 5.97 Å². The van der Waals surface area contributed by atoms with Gasteiger partial charge in [-0.3, -0.25) is 0 Å². The molecule has 1 aromatic rings. The Morgan fingerprint density at radius 2 is 2.12 bits per heavy atom. The molecular formula is C11H11BrO4. The Hall–Kier alpha value is -1.49. The Bertz CT molecular complexity index is 452. The number of rotatable bonds is 3. The second-order valence-electron chi connectivity index (χ2n) is 3.19. The second kappa shape index (κ2) is 5.03. The number of hydrogen-bond donors (Lipinski definition) is 2. The van der Waals surface area contributed by atoms with Crippen LogP contribution in [0, 0.1) is 0 Å². The van der Waals surface area contributed by atoms with Crippen LogP contribution < -0.4 is 4.74 Å². The zero-order valence-corrected chi connectivity index (χ0v) is 10.4. The molecule has 0 bridgehead atoms. The number of phenols is 1. The number of carbonyl (C=O) groups is 1. The van der Waals surface area contributed by atoms with Crippen molar-refractivity contribution >= 4 is 28.0 Å². The molecule has 0 saturated carbocycles. The van der Waals surface area contributed by atoms with Gasteiger partial charge < -0.3 is 14.9 Å². The monoisotopic (exact) mass is 286 g/mol. The molecule has 4 nitrogen and oxygen atoms in total. The first kappa shape index (κ1) is 12.6. The standard InChI is InChI=1S/C11H11BrO4/c1-6(11(14)15)3-7-4-8(12)10(13)9(5-7)16-2/h3-5,13H,1-2H3,(H,14,15)/b6-3+. The average molecular weight is 287 g/mol. The summed E-state index contributed by atoms with van der Waals surface area (Å²) in [5.41, 5.74) is 0.848. The predicted octanol–water partition coefficient (Wildman–Crippen LogP) is 2.65. The first-order valence-corrected chi connectivity index (χ1v) is 5.23. The van der Waals surface area contributed by atoms with E-state index < -0.39 is 5.97 Å². The molecule has 1 rings (SSSR count). The summed E-state index contributed by atoms with van der Waals surface area (Å²) in [7, 11) is 1.43. The number of benzene rings is 1. The molecular weight excluding hydrogens is 276 g/mol. The van der Waals surface area contributed by atoms with E-state index in [1.54, 1.807) is 12.1 Å². The molecule has 0 heterocycles. The third-order valence-corrected chi connectivity index (χ3v) is 2.60. The van der Waals surface area contributed by atoms with Crippen LogP contribution >= 0.6 is 15.9 Å². The van der Waals surface area contributed by atoms with Crippen LogP contribution in [0.5, 0.6) is 11.5 Å². The van der Waals surface area contributed by atoms with E-state index in [1.165, 1.54) is 20.1 Å². The molecule has 5 heteroatoms. The maximum Gasteiger partial charge on any atom is 0.331 e. The van der Waals surface area contributed by atoms with Crippen LogP contribution in [0.2, 0.25) is 0 Å². The highest BCUT2D eigenvalue weighted by atomic mass is 79.9. The molecule has 86 valence electrons. The molecule has 1 aromatic carbocycles. The second-order valence-corrected chi connectivity index (χ2v) is 4.04. The molecule has 16 heavy (non-hydrogen) atoms. The van der Waals surface area contributed by atoms with E-state index in [-0.39, 0.29) is 11.3 Å². The van der Waals surface area contributed by atoms with Crippen molar-refractivity contribution in [2.45, 2.75) is 6.92 Å². The van der Waals surface area contributed by atoms with Crippen LogP contribution in [0.25, 0.3) is 6.08 Å². The lowest BCUT2D eigenvalue weighted by Gasteiger charge is -2.06. The van der Waals surface area contributed by atoms with Gasteiger partial charge in [0.25, 0.3) is 0 Å². The number of ether oxygens (including phenoxy) is 1. The lowest BCUT2D eigenvalue weighted by atomic mass is 10.1. The molecule has 0 aliphatic rings. The van der Waals surface area contributed by atoms with Crippen LogP contribution in [-0.2, 0) is 4.79 Å². The fourth-order valence-electron chi connectivity index (χ4n) is 1.14. The normalized spacial score (nSPS) is 11.3. The van der Waals surface area contributed by atoms with Gasteiger partial charge in [0.05, 0.1) is 11.6 Å². The van der Waals surface area contributed by atoms with Gasteiger partial charge in [0.15, 0.2) is 11.5 Å². The van der Waals surface area contributed by atoms with Crippen molar-refractivity contribution in [3.63, 3.8) is 0 Å². The van der Waals surface area contributed by atoms with Crippen LogP contribution in [0.1, 0.15) is 12.5 Å². The molecule has 0 fully saturated rings. The lowest BCUT2D eigenvalue weighted by molar-refractivity contribution is -0.132. The summed E-state index contributed by atoms with van der Waals surface area (Å²) in [4.78, 5) is 10.6. The zero-order chi connectivity index (χ0) is 12.3. The summed E-state index contributed by atoms with van der Waals surface area (Å²) in [5, 5.41) is 18.3. The van der Waals surface area contributed by atoms with Crippen molar-refractivity contribution < 1.29 is 19.7 Å². The highest BCUT2D eigenvalue weighted by Crippen LogP contribution is 2.35. The van der Waals surface area contributed by atoms with E-state index in [1.807, 2.05) is 0 Å². The lowest BCUT2D eigenvalue weighted by Crippen LogP contribution is -1.95. The number of hydrogen-bond acceptors (Lipinski definition) is 3. The fraction of sp³-hybridized carbons (Fsp3) is 0.182. The summed E-state index contributed by atoms with van der Waals surface area (Å²) >= 11 is 3.16. The van der Waals surface area contributed by atoms with Gasteiger partial charge in [0.1, 0.15) is 0 Å². The van der Waals surface area contributed by atoms with Gasteiger partial charge in [0.2, 0.25) is 0 Å². The number of aromatic hydroxyl groups is 1. The summed E-state index contributed by atoms with van der Waals surface area (Å²) in [6.07, 6.45) is 1.50. The molecule has 2 N–H and O–H groups in total. The molecule has 0 aliphatic carbocycles. The van der Waals surface area contributed by atoms with Gasteiger partial charge in [-0.25, -0.2) is 4.79 Å². The summed E-state index contributed by atoms with van der Waals surface area (Å²) < 4.78 is 5.41. The van der Waals surface area contributed by atoms with Gasteiger partial charge in [-0.1, -0.05) is 0 Å². The molecule has 0 atom stereocenters. The average Bonchev–Trinajstić information content (AvgIpc) is 2.22. The first-order valence-electron chi connectivity index (χ1n) is 4.43. The summed E-state index contributed by atoms with van der Waals surface area (Å²) in [6.45, 7) is 1.50. The van der Waals surface area contributed by atoms with E-state index in [4.69, 9.17) is 9.84 Å². The highest BCUT2D eigenvalue weighted by Gasteiger charge is 2.08. The molecule has 0 saturated heterocycles. The highest BCUT2D eigenvalue weighted by molar-refractivity contribution is 9.10. The van der Waals surface area contributed by atoms with Crippen molar-refractivity contribution in [1.29, 1.82) is 0 Å². The van der Waals surface area contributed by atoms with Crippen molar-refractivity contribution in [2.24, 2.45) is 0 Å². The molecule has 0 spiro atoms. The molecule has 0 aliphatic heterocycles. The Labute approximate surface area is 101 Å². The molecule has 0 amide bonds. The minimum Gasteiger partial charge on any atom is -0.503 e. The number of carboxylic acids is 1. The third-order valence-electron chi connectivity index (χ3n) is 1.99. The van der Waals surface area contributed by atoms with E-state index in [9.17, 15) is 9.90 Å². The topological polar surface area (TPSA) is 66.8 Å². The Kier molecular flexibility index (Phi) is 3.95. The van der Waals surface area contributed by atoms with Gasteiger partial charge in [-0.2, -0.15) is 0 Å². The minimum absolute atomic E-state index is 0.00683. The minimum atomic E-state index is -0.983. The number of aliphatic carboxylic acids is 1. The number of methoxy groups -OCH3 is 1. The molecule has 0 aromatic heterocycles. The first-order chi connectivity index (χ1) is 7.45. The summed E-state index contributed by atoms with van der Waals surface area (Å²) in [6, 6.07) is 3.18. The van der Waals surface area contributed by atoms with Crippen LogP contribution in [-0.4, -0.2) is 23.3 Å². The number of phenolic OH excluding ortho intramolecular Hbond substituents is 1. The van der Waals surface area contributed by atoms with Crippen molar-refractivity contribution in [3.05, 3.63) is 27.7 Å². The van der Waals surface area contributed by atoms with E-state index >= 15 is 0 Å². The van der Waals surface area contributed by atoms with Crippen LogP contribution in [0.3, 0.4) is 0 Å². The third kappa shape index (κ3) is 2.76. The molecule has 0 radical (unpaired) electrons. The van der Waals surface area contributed by atoms with Crippen molar-refractivity contribution in [2.75, 3.05) is 7.11 Å². The number of halogens is 1. The summed E-state index contributed by atoms with van der Waals surface area (Å²) in [5.74, 6) is -0.699.